The summed E-state index contributed by atoms with van der Waals surface area (Å²) >= 11 is 3.36. The van der Waals surface area contributed by atoms with Crippen molar-refractivity contribution in [2.45, 2.75) is 26.2 Å². The normalized spacial score (nSPS) is 17.7. The van der Waals surface area contributed by atoms with E-state index < -0.39 is 10.2 Å². The summed E-state index contributed by atoms with van der Waals surface area (Å²) in [6.45, 7) is 3.12. The standard InChI is InChI=1S/C12H17BrN2O2S/c1-10-9-11(13)5-6-12(10)14-18(16,17)15-7-3-2-4-8-15/h5-6,9,14H,2-4,7-8H2,1H3. The van der Waals surface area contributed by atoms with Crippen molar-refractivity contribution in [3.8, 4) is 0 Å². The van der Waals surface area contributed by atoms with Crippen LogP contribution in [-0.2, 0) is 10.2 Å². The van der Waals surface area contributed by atoms with Crippen LogP contribution in [0.15, 0.2) is 22.7 Å². The summed E-state index contributed by atoms with van der Waals surface area (Å²) in [6.07, 6.45) is 3.00. The van der Waals surface area contributed by atoms with Gasteiger partial charge in [0, 0.05) is 17.6 Å². The van der Waals surface area contributed by atoms with Gasteiger partial charge in [0.05, 0.1) is 5.69 Å². The summed E-state index contributed by atoms with van der Waals surface area (Å²) < 4.78 is 29.5. The lowest BCUT2D eigenvalue weighted by Gasteiger charge is -2.26. The average Bonchev–Trinajstić information content (AvgIpc) is 2.34. The molecule has 0 atom stereocenters. The van der Waals surface area contributed by atoms with Crippen molar-refractivity contribution in [2.24, 2.45) is 0 Å². The van der Waals surface area contributed by atoms with E-state index in [0.29, 0.717) is 18.8 Å². The van der Waals surface area contributed by atoms with Gasteiger partial charge in [0.15, 0.2) is 0 Å². The van der Waals surface area contributed by atoms with E-state index in [9.17, 15) is 8.42 Å². The van der Waals surface area contributed by atoms with Crippen molar-refractivity contribution < 1.29 is 8.42 Å². The molecule has 100 valence electrons. The van der Waals surface area contributed by atoms with Crippen molar-refractivity contribution in [3.05, 3.63) is 28.2 Å². The highest BCUT2D eigenvalue weighted by Crippen LogP contribution is 2.22. The van der Waals surface area contributed by atoms with Gasteiger partial charge in [0.2, 0.25) is 0 Å². The van der Waals surface area contributed by atoms with E-state index >= 15 is 0 Å². The second-order valence-electron chi connectivity index (χ2n) is 4.53. The molecule has 0 amide bonds. The molecule has 1 fully saturated rings. The maximum Gasteiger partial charge on any atom is 0.301 e. The Morgan fingerprint density at radius 2 is 1.89 bits per heavy atom. The first-order valence-electron chi connectivity index (χ1n) is 6.03. The molecule has 0 unspecified atom stereocenters. The van der Waals surface area contributed by atoms with Gasteiger partial charge in [0.25, 0.3) is 0 Å². The lowest BCUT2D eigenvalue weighted by atomic mass is 10.2. The minimum Gasteiger partial charge on any atom is -0.271 e. The molecule has 1 heterocycles. The van der Waals surface area contributed by atoms with E-state index in [0.717, 1.165) is 29.3 Å². The Labute approximate surface area is 117 Å². The topological polar surface area (TPSA) is 49.4 Å². The summed E-state index contributed by atoms with van der Waals surface area (Å²) in [6, 6.07) is 5.51. The minimum atomic E-state index is -3.40. The smallest absolute Gasteiger partial charge is 0.271 e. The van der Waals surface area contributed by atoms with E-state index in [2.05, 4.69) is 20.7 Å². The van der Waals surface area contributed by atoms with Gasteiger partial charge in [-0.1, -0.05) is 22.4 Å². The third-order valence-electron chi connectivity index (χ3n) is 3.08. The van der Waals surface area contributed by atoms with Crippen molar-refractivity contribution in [2.75, 3.05) is 17.8 Å². The average molecular weight is 333 g/mol. The lowest BCUT2D eigenvalue weighted by molar-refractivity contribution is 0.349. The molecule has 0 radical (unpaired) electrons. The Morgan fingerprint density at radius 1 is 1.22 bits per heavy atom. The number of hydrogen-bond acceptors (Lipinski definition) is 2. The number of rotatable bonds is 3. The molecule has 0 aliphatic carbocycles. The highest BCUT2D eigenvalue weighted by atomic mass is 79.9. The molecule has 1 saturated heterocycles. The van der Waals surface area contributed by atoms with Crippen molar-refractivity contribution in [3.63, 3.8) is 0 Å². The van der Waals surface area contributed by atoms with E-state index in [1.54, 1.807) is 6.07 Å². The van der Waals surface area contributed by atoms with Gasteiger partial charge in [-0.25, -0.2) is 0 Å². The first-order valence-corrected chi connectivity index (χ1v) is 8.26. The molecular weight excluding hydrogens is 316 g/mol. The molecule has 1 aromatic rings. The molecule has 18 heavy (non-hydrogen) atoms. The molecule has 4 nitrogen and oxygen atoms in total. The van der Waals surface area contributed by atoms with Crippen molar-refractivity contribution >= 4 is 31.8 Å². The summed E-state index contributed by atoms with van der Waals surface area (Å²) in [4.78, 5) is 0. The maximum absolute atomic E-state index is 12.2. The molecule has 0 aromatic heterocycles. The predicted octanol–water partition coefficient (Wildman–Crippen LogP) is 2.90. The Kier molecular flexibility index (Phi) is 4.29. The number of nitrogens with zero attached hydrogens (tertiary/aromatic N) is 1. The molecule has 2 rings (SSSR count). The van der Waals surface area contributed by atoms with Gasteiger partial charge in [-0.3, -0.25) is 4.72 Å². The van der Waals surface area contributed by atoms with Crippen molar-refractivity contribution in [1.29, 1.82) is 0 Å². The minimum absolute atomic E-state index is 0.616. The van der Waals surface area contributed by atoms with Crippen LogP contribution in [0.4, 0.5) is 5.69 Å². The number of halogens is 1. The monoisotopic (exact) mass is 332 g/mol. The molecule has 1 N–H and O–H groups in total. The van der Waals surface area contributed by atoms with E-state index in [-0.39, 0.29) is 0 Å². The number of anilines is 1. The Balaban J connectivity index is 2.16. The van der Waals surface area contributed by atoms with Crippen LogP contribution in [0.2, 0.25) is 0 Å². The zero-order valence-electron chi connectivity index (χ0n) is 10.3. The Morgan fingerprint density at radius 3 is 2.50 bits per heavy atom. The molecule has 1 aromatic carbocycles. The second kappa shape index (κ2) is 5.59. The first kappa shape index (κ1) is 13.8. The Bertz CT molecular complexity index is 525. The SMILES string of the molecule is Cc1cc(Br)ccc1NS(=O)(=O)N1CCCCC1. The summed E-state index contributed by atoms with van der Waals surface area (Å²) in [5, 5.41) is 0. The molecule has 0 bridgehead atoms. The molecule has 0 spiro atoms. The first-order chi connectivity index (χ1) is 8.49. The van der Waals surface area contributed by atoms with Crippen LogP contribution in [0.3, 0.4) is 0 Å². The van der Waals surface area contributed by atoms with E-state index in [4.69, 9.17) is 0 Å². The number of piperidine rings is 1. The van der Waals surface area contributed by atoms with Crippen LogP contribution in [0, 0.1) is 6.92 Å². The quantitative estimate of drug-likeness (QED) is 0.925. The zero-order chi connectivity index (χ0) is 13.2. The third kappa shape index (κ3) is 3.24. The second-order valence-corrected chi connectivity index (χ2v) is 7.11. The largest absolute Gasteiger partial charge is 0.301 e. The van der Waals surface area contributed by atoms with E-state index in [1.165, 1.54) is 4.31 Å². The van der Waals surface area contributed by atoms with Gasteiger partial charge < -0.3 is 0 Å². The fourth-order valence-electron chi connectivity index (χ4n) is 2.05. The number of nitrogens with one attached hydrogen (secondary N) is 1. The predicted molar refractivity (Wildman–Crippen MR) is 76.8 cm³/mol. The highest BCUT2D eigenvalue weighted by molar-refractivity contribution is 9.10. The molecule has 6 heteroatoms. The van der Waals surface area contributed by atoms with Crippen LogP contribution in [0.5, 0.6) is 0 Å². The van der Waals surface area contributed by atoms with Gasteiger partial charge >= 0.3 is 10.2 Å². The molecule has 0 saturated carbocycles. The lowest BCUT2D eigenvalue weighted by Crippen LogP contribution is -2.39. The molecule has 1 aliphatic heterocycles. The summed E-state index contributed by atoms with van der Waals surface area (Å²) in [5.74, 6) is 0. The van der Waals surface area contributed by atoms with Gasteiger partial charge in [0.1, 0.15) is 0 Å². The number of hydrogen-bond donors (Lipinski definition) is 1. The zero-order valence-corrected chi connectivity index (χ0v) is 12.7. The summed E-state index contributed by atoms with van der Waals surface area (Å²) in [7, 11) is -3.40. The third-order valence-corrected chi connectivity index (χ3v) is 5.10. The summed E-state index contributed by atoms with van der Waals surface area (Å²) in [5.41, 5.74) is 1.55. The van der Waals surface area contributed by atoms with Crippen LogP contribution in [0.1, 0.15) is 24.8 Å². The van der Waals surface area contributed by atoms with Crippen LogP contribution >= 0.6 is 15.9 Å². The Hall–Kier alpha value is -0.590. The fourth-order valence-corrected chi connectivity index (χ4v) is 3.90. The van der Waals surface area contributed by atoms with Crippen LogP contribution in [-0.4, -0.2) is 25.8 Å². The highest BCUT2D eigenvalue weighted by Gasteiger charge is 2.24. The van der Waals surface area contributed by atoms with Gasteiger partial charge in [-0.2, -0.15) is 12.7 Å². The van der Waals surface area contributed by atoms with E-state index in [1.807, 2.05) is 19.1 Å². The number of aryl methyl sites for hydroxylation is 1. The van der Waals surface area contributed by atoms with Gasteiger partial charge in [-0.05, 0) is 43.5 Å². The maximum atomic E-state index is 12.2. The van der Waals surface area contributed by atoms with Crippen molar-refractivity contribution in [1.82, 2.24) is 4.31 Å². The molecular formula is C12H17BrN2O2S. The number of benzene rings is 1. The van der Waals surface area contributed by atoms with Crippen LogP contribution in [0.25, 0.3) is 0 Å². The van der Waals surface area contributed by atoms with Crippen LogP contribution < -0.4 is 4.72 Å². The fraction of sp³-hybridized carbons (Fsp3) is 0.500. The molecule has 1 aliphatic rings. The van der Waals surface area contributed by atoms with Gasteiger partial charge in [-0.15, -0.1) is 0 Å².